The Hall–Kier alpha value is -1.07. The summed E-state index contributed by atoms with van der Waals surface area (Å²) in [6.07, 6.45) is -2.39. The molecule has 0 amide bonds. The number of benzene rings is 1. The summed E-state index contributed by atoms with van der Waals surface area (Å²) in [7, 11) is 0. The lowest BCUT2D eigenvalue weighted by Crippen LogP contribution is -2.41. The Morgan fingerprint density at radius 2 is 1.86 bits per heavy atom. The first-order chi connectivity index (χ1) is 9.96. The zero-order valence-electron chi connectivity index (χ0n) is 12.0. The molecule has 5 heteroatoms. The van der Waals surface area contributed by atoms with E-state index in [9.17, 15) is 13.2 Å². The fourth-order valence-electron chi connectivity index (χ4n) is 2.88. The molecule has 1 saturated carbocycles. The Morgan fingerprint density at radius 3 is 2.52 bits per heavy atom. The van der Waals surface area contributed by atoms with Crippen LogP contribution < -0.4 is 5.73 Å². The molecule has 1 aliphatic carbocycles. The largest absolute Gasteiger partial charge is 0.389 e. The summed E-state index contributed by atoms with van der Waals surface area (Å²) in [6, 6.07) is 10.1. The Morgan fingerprint density at radius 1 is 1.14 bits per heavy atom. The normalized spacial score (nSPS) is 26.8. The van der Waals surface area contributed by atoms with Crippen LogP contribution in [-0.4, -0.2) is 24.9 Å². The van der Waals surface area contributed by atoms with Crippen molar-refractivity contribution in [3.8, 4) is 0 Å². The topological polar surface area (TPSA) is 35.2 Å². The lowest BCUT2D eigenvalue weighted by Gasteiger charge is -2.34. The summed E-state index contributed by atoms with van der Waals surface area (Å²) >= 11 is 0. The van der Waals surface area contributed by atoms with Crippen molar-refractivity contribution >= 4 is 0 Å². The molecular formula is C16H22F3NO. The van der Waals surface area contributed by atoms with Gasteiger partial charge in [-0.2, -0.15) is 13.2 Å². The van der Waals surface area contributed by atoms with Crippen LogP contribution in [0, 0.1) is 0 Å². The number of hydrogen-bond donors (Lipinski definition) is 1. The first-order valence-electron chi connectivity index (χ1n) is 7.44. The predicted octanol–water partition coefficient (Wildman–Crippen LogP) is 4.01. The lowest BCUT2D eigenvalue weighted by molar-refractivity contribution is -0.139. The van der Waals surface area contributed by atoms with Crippen molar-refractivity contribution in [1.82, 2.24) is 0 Å². The first-order valence-corrected chi connectivity index (χ1v) is 7.44. The van der Waals surface area contributed by atoms with Crippen molar-refractivity contribution in [1.29, 1.82) is 0 Å². The van der Waals surface area contributed by atoms with Gasteiger partial charge in [0, 0.05) is 19.1 Å². The average Bonchev–Trinajstić information content (AvgIpc) is 2.45. The molecule has 0 aliphatic heterocycles. The minimum Gasteiger partial charge on any atom is -0.377 e. The van der Waals surface area contributed by atoms with E-state index < -0.39 is 12.6 Å². The summed E-state index contributed by atoms with van der Waals surface area (Å²) in [5, 5.41) is 0. The zero-order chi connectivity index (χ0) is 15.3. The number of rotatable bonds is 5. The Labute approximate surface area is 123 Å². The standard InChI is InChI=1S/C16H22F3NO/c17-16(18,19)9-4-10-21-15-11-13(7-8-14(15)20)12-5-2-1-3-6-12/h1-3,5-6,13-15H,4,7-11,20H2. The molecule has 3 atom stereocenters. The maximum absolute atomic E-state index is 12.1. The molecule has 0 heterocycles. The van der Waals surface area contributed by atoms with Crippen LogP contribution in [0.25, 0.3) is 0 Å². The van der Waals surface area contributed by atoms with Crippen LogP contribution >= 0.6 is 0 Å². The van der Waals surface area contributed by atoms with Crippen LogP contribution in [0.4, 0.5) is 13.2 Å². The SMILES string of the molecule is NC1CCC(c2ccccc2)CC1OCCCC(F)(F)F. The van der Waals surface area contributed by atoms with Crippen molar-refractivity contribution in [3.05, 3.63) is 35.9 Å². The van der Waals surface area contributed by atoms with E-state index in [2.05, 4.69) is 12.1 Å². The maximum atomic E-state index is 12.1. The lowest BCUT2D eigenvalue weighted by atomic mass is 9.80. The minimum atomic E-state index is -4.11. The van der Waals surface area contributed by atoms with Crippen LogP contribution in [-0.2, 0) is 4.74 Å². The van der Waals surface area contributed by atoms with Crippen molar-refractivity contribution < 1.29 is 17.9 Å². The molecule has 3 unspecified atom stereocenters. The van der Waals surface area contributed by atoms with Crippen LogP contribution in [0.3, 0.4) is 0 Å². The Bertz CT molecular complexity index is 421. The Kier molecular flexibility index (Phi) is 5.65. The van der Waals surface area contributed by atoms with Gasteiger partial charge in [0.25, 0.3) is 0 Å². The smallest absolute Gasteiger partial charge is 0.377 e. The van der Waals surface area contributed by atoms with E-state index in [0.717, 1.165) is 19.3 Å². The molecule has 118 valence electrons. The molecule has 1 aliphatic rings. The third kappa shape index (κ3) is 5.32. The van der Waals surface area contributed by atoms with Crippen LogP contribution in [0.2, 0.25) is 0 Å². The summed E-state index contributed by atoms with van der Waals surface area (Å²) in [5.41, 5.74) is 7.30. The Balaban J connectivity index is 1.81. The molecule has 0 bridgehead atoms. The summed E-state index contributed by atoms with van der Waals surface area (Å²) < 4.78 is 41.9. The van der Waals surface area contributed by atoms with Gasteiger partial charge in [-0.15, -0.1) is 0 Å². The van der Waals surface area contributed by atoms with Crippen LogP contribution in [0.1, 0.15) is 43.6 Å². The van der Waals surface area contributed by atoms with Crippen molar-refractivity contribution in [2.75, 3.05) is 6.61 Å². The van der Waals surface area contributed by atoms with E-state index in [4.69, 9.17) is 10.5 Å². The predicted molar refractivity (Wildman–Crippen MR) is 76.0 cm³/mol. The third-order valence-corrected chi connectivity index (χ3v) is 4.05. The summed E-state index contributed by atoms with van der Waals surface area (Å²) in [4.78, 5) is 0. The third-order valence-electron chi connectivity index (χ3n) is 4.05. The van der Waals surface area contributed by atoms with Gasteiger partial charge >= 0.3 is 6.18 Å². The highest BCUT2D eigenvalue weighted by atomic mass is 19.4. The van der Waals surface area contributed by atoms with Gasteiger partial charge in [-0.3, -0.25) is 0 Å². The number of ether oxygens (including phenoxy) is 1. The van der Waals surface area contributed by atoms with Gasteiger partial charge in [-0.05, 0) is 37.2 Å². The summed E-state index contributed by atoms with van der Waals surface area (Å²) in [6.45, 7) is 0.124. The minimum absolute atomic E-state index is 0.00270. The van der Waals surface area contributed by atoms with Crippen molar-refractivity contribution in [2.24, 2.45) is 5.73 Å². The highest BCUT2D eigenvalue weighted by molar-refractivity contribution is 5.20. The molecule has 0 aromatic heterocycles. The molecule has 2 rings (SSSR count). The molecule has 1 aromatic carbocycles. The molecule has 0 saturated heterocycles. The van der Waals surface area contributed by atoms with Gasteiger partial charge in [0.15, 0.2) is 0 Å². The zero-order valence-corrected chi connectivity index (χ0v) is 12.0. The number of nitrogens with two attached hydrogens (primary N) is 1. The van der Waals surface area contributed by atoms with E-state index in [-0.39, 0.29) is 25.2 Å². The van der Waals surface area contributed by atoms with Gasteiger partial charge < -0.3 is 10.5 Å². The van der Waals surface area contributed by atoms with Gasteiger partial charge in [-0.25, -0.2) is 0 Å². The van der Waals surface area contributed by atoms with Crippen LogP contribution in [0.5, 0.6) is 0 Å². The second-order valence-corrected chi connectivity index (χ2v) is 5.71. The van der Waals surface area contributed by atoms with E-state index >= 15 is 0 Å². The highest BCUT2D eigenvalue weighted by Crippen LogP contribution is 2.34. The molecule has 2 N–H and O–H groups in total. The molecule has 0 spiro atoms. The second kappa shape index (κ2) is 7.27. The monoisotopic (exact) mass is 301 g/mol. The number of hydrogen-bond acceptors (Lipinski definition) is 2. The maximum Gasteiger partial charge on any atom is 0.389 e. The van der Waals surface area contributed by atoms with E-state index in [0.29, 0.717) is 5.92 Å². The number of alkyl halides is 3. The fourth-order valence-corrected chi connectivity index (χ4v) is 2.88. The molecule has 2 nitrogen and oxygen atoms in total. The first kappa shape index (κ1) is 16.3. The summed E-state index contributed by atoms with van der Waals surface area (Å²) in [5.74, 6) is 0.388. The number of halogens is 3. The molecular weight excluding hydrogens is 279 g/mol. The van der Waals surface area contributed by atoms with Gasteiger partial charge in [-0.1, -0.05) is 30.3 Å². The van der Waals surface area contributed by atoms with Gasteiger partial charge in [0.1, 0.15) is 0 Å². The van der Waals surface area contributed by atoms with E-state index in [1.54, 1.807) is 0 Å². The van der Waals surface area contributed by atoms with Gasteiger partial charge in [0.05, 0.1) is 6.10 Å². The quantitative estimate of drug-likeness (QED) is 0.834. The van der Waals surface area contributed by atoms with E-state index in [1.807, 2.05) is 18.2 Å². The van der Waals surface area contributed by atoms with Crippen molar-refractivity contribution in [2.45, 2.75) is 56.3 Å². The molecule has 0 radical (unpaired) electrons. The van der Waals surface area contributed by atoms with Crippen molar-refractivity contribution in [3.63, 3.8) is 0 Å². The van der Waals surface area contributed by atoms with Crippen LogP contribution in [0.15, 0.2) is 30.3 Å². The second-order valence-electron chi connectivity index (χ2n) is 5.71. The van der Waals surface area contributed by atoms with E-state index in [1.165, 1.54) is 5.56 Å². The molecule has 1 aromatic rings. The molecule has 1 fully saturated rings. The molecule has 21 heavy (non-hydrogen) atoms. The van der Waals surface area contributed by atoms with Gasteiger partial charge in [0.2, 0.25) is 0 Å². The fraction of sp³-hybridized carbons (Fsp3) is 0.625. The highest BCUT2D eigenvalue weighted by Gasteiger charge is 2.30. The average molecular weight is 301 g/mol.